The molecule has 1 aliphatic rings. The molecule has 0 heterocycles. The van der Waals surface area contributed by atoms with Crippen LogP contribution in [0.15, 0.2) is 140 Å². The zero-order valence-corrected chi connectivity index (χ0v) is 28.3. The van der Waals surface area contributed by atoms with E-state index in [0.29, 0.717) is 0 Å². The molecular formula is C48H38. The van der Waals surface area contributed by atoms with Gasteiger partial charge in [-0.2, -0.15) is 0 Å². The zero-order valence-electron chi connectivity index (χ0n) is 28.3. The van der Waals surface area contributed by atoms with Crippen LogP contribution in [0.1, 0.15) is 41.7 Å². The van der Waals surface area contributed by atoms with Crippen molar-refractivity contribution in [2.45, 2.75) is 40.0 Å². The minimum Gasteiger partial charge on any atom is -0.0619 e. The Morgan fingerprint density at radius 3 is 1.75 bits per heavy atom. The van der Waals surface area contributed by atoms with Crippen molar-refractivity contribution < 1.29 is 0 Å². The summed E-state index contributed by atoms with van der Waals surface area (Å²) in [6.07, 6.45) is 0. The Bertz CT molecular complexity index is 2590. The lowest BCUT2D eigenvalue weighted by molar-refractivity contribution is 0.660. The maximum atomic E-state index is 2.46. The molecule has 0 fully saturated rings. The molecule has 8 aromatic carbocycles. The summed E-state index contributed by atoms with van der Waals surface area (Å²) in [5.74, 6) is 0. The molecule has 0 aliphatic heterocycles. The van der Waals surface area contributed by atoms with Crippen molar-refractivity contribution in [2.75, 3.05) is 0 Å². The van der Waals surface area contributed by atoms with E-state index in [-0.39, 0.29) is 5.41 Å². The average molecular weight is 615 g/mol. The van der Waals surface area contributed by atoms with Gasteiger partial charge in [0.2, 0.25) is 0 Å². The topological polar surface area (TPSA) is 0 Å². The summed E-state index contributed by atoms with van der Waals surface area (Å²) in [5.41, 5.74) is 17.2. The van der Waals surface area contributed by atoms with Crippen LogP contribution in [0.4, 0.5) is 0 Å². The minimum atomic E-state index is -0.0688. The summed E-state index contributed by atoms with van der Waals surface area (Å²) in [4.78, 5) is 0. The molecule has 0 spiro atoms. The van der Waals surface area contributed by atoms with Crippen LogP contribution in [0.2, 0.25) is 0 Å². The van der Waals surface area contributed by atoms with E-state index in [1.54, 1.807) is 0 Å². The quantitative estimate of drug-likeness (QED) is 0.174. The van der Waals surface area contributed by atoms with E-state index in [4.69, 9.17) is 0 Å². The van der Waals surface area contributed by atoms with Crippen LogP contribution in [0.25, 0.3) is 76.8 Å². The lowest BCUT2D eigenvalue weighted by atomic mass is 9.80. The van der Waals surface area contributed by atoms with Crippen molar-refractivity contribution in [3.8, 4) is 44.5 Å². The molecule has 0 saturated heterocycles. The summed E-state index contributed by atoms with van der Waals surface area (Å²) in [6, 6.07) is 52.6. The largest absolute Gasteiger partial charge is 0.0619 e. The standard InChI is InChI=1S/C48H38/c1-29-25-36(26-30(2)31(29)3)45-37-15-8-9-16-38(37)46(41-18-12-20-44-47(41)40-17-10-11-19-43(40)48(44,4)5)42-28-35(23-24-39(42)45)34-22-21-32-13-6-7-14-33(32)27-34/h6-28H,1-5H3. The minimum absolute atomic E-state index is 0.0688. The first kappa shape index (κ1) is 28.7. The first-order valence-corrected chi connectivity index (χ1v) is 17.1. The highest BCUT2D eigenvalue weighted by Gasteiger charge is 2.37. The predicted molar refractivity (Wildman–Crippen MR) is 207 cm³/mol. The van der Waals surface area contributed by atoms with Crippen LogP contribution in [0, 0.1) is 20.8 Å². The van der Waals surface area contributed by atoms with Gasteiger partial charge in [0.05, 0.1) is 0 Å². The third kappa shape index (κ3) is 4.15. The number of fused-ring (bicyclic) bond motifs is 6. The fourth-order valence-corrected chi connectivity index (χ4v) is 8.47. The fraction of sp³-hybridized carbons (Fsp3) is 0.125. The predicted octanol–water partition coefficient (Wildman–Crippen LogP) is 13.4. The van der Waals surface area contributed by atoms with Gasteiger partial charge in [0.1, 0.15) is 0 Å². The van der Waals surface area contributed by atoms with Gasteiger partial charge in [-0.05, 0) is 138 Å². The molecule has 0 radical (unpaired) electrons. The second-order valence-corrected chi connectivity index (χ2v) is 14.3. The number of rotatable bonds is 3. The fourth-order valence-electron chi connectivity index (χ4n) is 8.47. The number of benzene rings is 8. The highest BCUT2D eigenvalue weighted by atomic mass is 14.4. The molecule has 8 aromatic rings. The lowest BCUT2D eigenvalue weighted by Gasteiger charge is -2.23. The third-order valence-electron chi connectivity index (χ3n) is 11.2. The summed E-state index contributed by atoms with van der Waals surface area (Å²) in [7, 11) is 0. The van der Waals surface area contributed by atoms with E-state index >= 15 is 0 Å². The Balaban J connectivity index is 1.44. The first-order chi connectivity index (χ1) is 23.3. The van der Waals surface area contributed by atoms with E-state index in [1.807, 2.05) is 0 Å². The molecule has 0 bridgehead atoms. The van der Waals surface area contributed by atoms with Gasteiger partial charge < -0.3 is 0 Å². The van der Waals surface area contributed by atoms with Crippen molar-refractivity contribution in [1.82, 2.24) is 0 Å². The lowest BCUT2D eigenvalue weighted by Crippen LogP contribution is -2.14. The molecule has 0 N–H and O–H groups in total. The summed E-state index contributed by atoms with van der Waals surface area (Å²) < 4.78 is 0. The molecule has 0 atom stereocenters. The second kappa shape index (κ2) is 10.5. The van der Waals surface area contributed by atoms with Gasteiger partial charge in [0.25, 0.3) is 0 Å². The van der Waals surface area contributed by atoms with Crippen LogP contribution >= 0.6 is 0 Å². The average Bonchev–Trinajstić information content (AvgIpc) is 3.35. The van der Waals surface area contributed by atoms with Gasteiger partial charge in [-0.25, -0.2) is 0 Å². The van der Waals surface area contributed by atoms with Crippen LogP contribution in [-0.4, -0.2) is 0 Å². The monoisotopic (exact) mass is 614 g/mol. The first-order valence-electron chi connectivity index (χ1n) is 17.1. The van der Waals surface area contributed by atoms with E-state index < -0.39 is 0 Å². The Morgan fingerprint density at radius 1 is 0.375 bits per heavy atom. The molecule has 1 aliphatic carbocycles. The van der Waals surface area contributed by atoms with Gasteiger partial charge in [-0.15, -0.1) is 0 Å². The number of hydrogen-bond acceptors (Lipinski definition) is 0. The summed E-state index contributed by atoms with van der Waals surface area (Å²) in [5, 5.41) is 7.70. The zero-order chi connectivity index (χ0) is 32.7. The van der Waals surface area contributed by atoms with Crippen molar-refractivity contribution in [2.24, 2.45) is 0 Å². The van der Waals surface area contributed by atoms with E-state index in [1.165, 1.54) is 105 Å². The van der Waals surface area contributed by atoms with Gasteiger partial charge in [-0.3, -0.25) is 0 Å². The van der Waals surface area contributed by atoms with Crippen LogP contribution < -0.4 is 0 Å². The summed E-state index contributed by atoms with van der Waals surface area (Å²) in [6.45, 7) is 11.5. The van der Waals surface area contributed by atoms with Crippen molar-refractivity contribution in [3.63, 3.8) is 0 Å². The molecule has 48 heavy (non-hydrogen) atoms. The maximum Gasteiger partial charge on any atom is 0.0159 e. The maximum absolute atomic E-state index is 2.46. The van der Waals surface area contributed by atoms with E-state index in [2.05, 4.69) is 174 Å². The number of hydrogen-bond donors (Lipinski definition) is 0. The van der Waals surface area contributed by atoms with E-state index in [9.17, 15) is 0 Å². The summed E-state index contributed by atoms with van der Waals surface area (Å²) >= 11 is 0. The van der Waals surface area contributed by atoms with Crippen LogP contribution in [0.5, 0.6) is 0 Å². The molecule has 0 saturated carbocycles. The Morgan fingerprint density at radius 2 is 0.958 bits per heavy atom. The molecule has 0 amide bonds. The number of aryl methyl sites for hydroxylation is 2. The normalized spacial score (nSPS) is 13.3. The van der Waals surface area contributed by atoms with Crippen molar-refractivity contribution in [3.05, 3.63) is 167 Å². The van der Waals surface area contributed by atoms with Crippen LogP contribution in [-0.2, 0) is 5.41 Å². The van der Waals surface area contributed by atoms with Gasteiger partial charge >= 0.3 is 0 Å². The molecule has 0 aromatic heterocycles. The Hall–Kier alpha value is -5.46. The Labute approximate surface area is 283 Å². The van der Waals surface area contributed by atoms with Crippen LogP contribution in [0.3, 0.4) is 0 Å². The molecule has 230 valence electrons. The molecular weight excluding hydrogens is 577 g/mol. The van der Waals surface area contributed by atoms with E-state index in [0.717, 1.165) is 0 Å². The van der Waals surface area contributed by atoms with Gasteiger partial charge in [-0.1, -0.05) is 141 Å². The third-order valence-corrected chi connectivity index (χ3v) is 11.2. The Kier molecular flexibility index (Phi) is 6.30. The van der Waals surface area contributed by atoms with Crippen molar-refractivity contribution >= 4 is 32.3 Å². The SMILES string of the molecule is Cc1cc(-c2c3ccccc3c(-c3cccc4c3-c3ccccc3C4(C)C)c3cc(-c4ccc5ccccc5c4)ccc23)cc(C)c1C. The van der Waals surface area contributed by atoms with Gasteiger partial charge in [0, 0.05) is 5.41 Å². The van der Waals surface area contributed by atoms with Crippen molar-refractivity contribution in [1.29, 1.82) is 0 Å². The second-order valence-electron chi connectivity index (χ2n) is 14.3. The van der Waals surface area contributed by atoms with Gasteiger partial charge in [0.15, 0.2) is 0 Å². The highest BCUT2D eigenvalue weighted by molar-refractivity contribution is 6.23. The highest BCUT2D eigenvalue weighted by Crippen LogP contribution is 2.54. The molecule has 0 heteroatoms. The molecule has 9 rings (SSSR count). The smallest absolute Gasteiger partial charge is 0.0159 e. The molecule has 0 nitrogen and oxygen atoms in total. The molecule has 0 unspecified atom stereocenters.